The molecule has 0 radical (unpaired) electrons. The van der Waals surface area contributed by atoms with Gasteiger partial charge in [-0.2, -0.15) is 0 Å². The lowest BCUT2D eigenvalue weighted by atomic mass is 9.66. The first-order valence-corrected chi connectivity index (χ1v) is 17.7. The van der Waals surface area contributed by atoms with Crippen molar-refractivity contribution in [1.82, 2.24) is 4.90 Å². The zero-order chi connectivity index (χ0) is 35.9. The first-order chi connectivity index (χ1) is 24.4. The number of ether oxygens (including phenoxy) is 4. The number of esters is 1. The van der Waals surface area contributed by atoms with Crippen molar-refractivity contribution in [2.75, 3.05) is 6.61 Å². The third kappa shape index (κ3) is 7.11. The maximum atomic E-state index is 14.0. The molecule has 3 heterocycles. The highest BCUT2D eigenvalue weighted by Crippen LogP contribution is 2.64. The molecule has 2 bridgehead atoms. The van der Waals surface area contributed by atoms with Crippen molar-refractivity contribution in [2.24, 2.45) is 5.92 Å². The molecular weight excluding hydrogens is 655 g/mol. The van der Waals surface area contributed by atoms with E-state index in [4.69, 9.17) is 14.2 Å². The SMILES string of the molecule is CC(C)(C)OC(=O)C1C[C@]2(c3ccccc3)N(Cc3ccccc3)[C@@H]1CC[C@@]21C[C@@H](c2cc(OC(F)(F)F)ccc2OCc2ccccc2)CO1. The quantitative estimate of drug-likeness (QED) is 0.162. The molecular formula is C42H44F3NO5. The third-order valence-electron chi connectivity index (χ3n) is 10.7. The molecule has 4 aromatic rings. The first kappa shape index (κ1) is 35.1. The average molecular weight is 700 g/mol. The van der Waals surface area contributed by atoms with Crippen LogP contribution in [0.5, 0.6) is 11.5 Å². The fraction of sp³-hybridized carbons (Fsp3) is 0.405. The maximum Gasteiger partial charge on any atom is 0.573 e. The van der Waals surface area contributed by atoms with Gasteiger partial charge < -0.3 is 18.9 Å². The van der Waals surface area contributed by atoms with Gasteiger partial charge in [0.1, 0.15) is 23.7 Å². The topological polar surface area (TPSA) is 57.2 Å². The minimum atomic E-state index is -4.84. The highest BCUT2D eigenvalue weighted by atomic mass is 19.4. The second-order valence-electron chi connectivity index (χ2n) is 15.0. The molecule has 51 heavy (non-hydrogen) atoms. The van der Waals surface area contributed by atoms with Crippen LogP contribution in [0.3, 0.4) is 0 Å². The van der Waals surface area contributed by atoms with Crippen molar-refractivity contribution >= 4 is 5.97 Å². The molecule has 3 aliphatic heterocycles. The molecule has 0 saturated carbocycles. The number of carbonyl (C=O) groups is 1. The molecule has 3 fully saturated rings. The largest absolute Gasteiger partial charge is 0.573 e. The highest BCUT2D eigenvalue weighted by Gasteiger charge is 2.69. The van der Waals surface area contributed by atoms with Gasteiger partial charge in [-0.25, -0.2) is 0 Å². The number of carbonyl (C=O) groups excluding carboxylic acids is 1. The molecule has 1 unspecified atom stereocenters. The van der Waals surface area contributed by atoms with E-state index >= 15 is 0 Å². The van der Waals surface area contributed by atoms with Gasteiger partial charge in [0.05, 0.1) is 23.7 Å². The zero-order valence-corrected chi connectivity index (χ0v) is 29.2. The van der Waals surface area contributed by atoms with Gasteiger partial charge in [-0.3, -0.25) is 9.69 Å². The Morgan fingerprint density at radius 1 is 0.863 bits per heavy atom. The van der Waals surface area contributed by atoms with E-state index in [0.29, 0.717) is 43.5 Å². The van der Waals surface area contributed by atoms with Crippen LogP contribution in [0.1, 0.15) is 74.6 Å². The summed E-state index contributed by atoms with van der Waals surface area (Å²) >= 11 is 0. The number of piperidine rings is 1. The zero-order valence-electron chi connectivity index (χ0n) is 29.2. The minimum absolute atomic E-state index is 0.0955. The van der Waals surface area contributed by atoms with Crippen molar-refractivity contribution in [3.05, 3.63) is 131 Å². The number of hydrogen-bond donors (Lipinski definition) is 0. The molecule has 0 amide bonds. The Kier molecular flexibility index (Phi) is 9.39. The lowest BCUT2D eigenvalue weighted by Gasteiger charge is -2.56. The van der Waals surface area contributed by atoms with Gasteiger partial charge in [0.2, 0.25) is 0 Å². The molecule has 7 rings (SSSR count). The Labute approximate surface area is 297 Å². The molecule has 4 aromatic carbocycles. The van der Waals surface area contributed by atoms with Crippen molar-refractivity contribution in [3.63, 3.8) is 0 Å². The summed E-state index contributed by atoms with van der Waals surface area (Å²) in [6.07, 6.45) is -2.46. The molecule has 0 aromatic heterocycles. The van der Waals surface area contributed by atoms with Crippen LogP contribution in [0.2, 0.25) is 0 Å². The maximum absolute atomic E-state index is 14.0. The van der Waals surface area contributed by atoms with E-state index in [-0.39, 0.29) is 36.9 Å². The molecule has 5 atom stereocenters. The average Bonchev–Trinajstić information content (AvgIpc) is 3.63. The normalized spacial score (nSPS) is 26.3. The number of rotatable bonds is 9. The standard InChI is InChI=1S/C42H44F3NO5/c1-39(2,3)51-38(47)35-25-41(32-17-11-6-12-18-32)40(22-21-36(35)46(41)26-29-13-7-4-8-14-29)24-31(28-49-40)34-23-33(50-42(43,44)45)19-20-37(34)48-27-30-15-9-5-10-16-30/h4-20,23,31,35-36H,21-22,24-28H2,1-3H3/t31-,35?,36-,40-,41-/m1/s1. The Balaban J connectivity index is 1.31. The number of hydrogen-bond acceptors (Lipinski definition) is 6. The van der Waals surface area contributed by atoms with Gasteiger partial charge in [0, 0.05) is 24.1 Å². The molecule has 3 aliphatic rings. The molecule has 1 spiro atoms. The number of nitrogens with zero attached hydrogens (tertiary/aromatic N) is 1. The highest BCUT2D eigenvalue weighted by molar-refractivity contribution is 5.75. The summed E-state index contributed by atoms with van der Waals surface area (Å²) in [6.45, 7) is 6.79. The molecule has 6 nitrogen and oxygen atoms in total. The fourth-order valence-electron chi connectivity index (χ4n) is 8.72. The van der Waals surface area contributed by atoms with Crippen LogP contribution in [-0.4, -0.2) is 41.1 Å². The Bertz CT molecular complexity index is 1810. The predicted octanol–water partition coefficient (Wildman–Crippen LogP) is 9.33. The molecule has 0 N–H and O–H groups in total. The Morgan fingerprint density at radius 3 is 2.16 bits per heavy atom. The van der Waals surface area contributed by atoms with E-state index in [1.165, 1.54) is 12.1 Å². The van der Waals surface area contributed by atoms with E-state index < -0.39 is 29.0 Å². The summed E-state index contributed by atoms with van der Waals surface area (Å²) < 4.78 is 64.2. The van der Waals surface area contributed by atoms with Gasteiger partial charge in [0.15, 0.2) is 0 Å². The van der Waals surface area contributed by atoms with Gasteiger partial charge >= 0.3 is 12.3 Å². The van der Waals surface area contributed by atoms with Crippen molar-refractivity contribution in [2.45, 2.75) is 94.7 Å². The lowest BCUT2D eigenvalue weighted by Crippen LogP contribution is -2.63. The van der Waals surface area contributed by atoms with Gasteiger partial charge in [-0.1, -0.05) is 91.0 Å². The summed E-state index contributed by atoms with van der Waals surface area (Å²) in [5, 5.41) is 0. The molecule has 3 saturated heterocycles. The second-order valence-corrected chi connectivity index (χ2v) is 15.0. The molecule has 0 aliphatic carbocycles. The Morgan fingerprint density at radius 2 is 1.51 bits per heavy atom. The van der Waals surface area contributed by atoms with Crippen LogP contribution in [0.4, 0.5) is 13.2 Å². The van der Waals surface area contributed by atoms with Gasteiger partial charge in [-0.05, 0) is 81.3 Å². The monoisotopic (exact) mass is 699 g/mol. The number of alkyl halides is 3. The van der Waals surface area contributed by atoms with Crippen LogP contribution in [0.15, 0.2) is 109 Å². The van der Waals surface area contributed by atoms with Crippen LogP contribution in [0, 0.1) is 5.92 Å². The van der Waals surface area contributed by atoms with Crippen molar-refractivity contribution < 1.29 is 36.9 Å². The smallest absolute Gasteiger partial charge is 0.489 e. The first-order valence-electron chi connectivity index (χ1n) is 17.7. The van der Waals surface area contributed by atoms with Crippen LogP contribution < -0.4 is 9.47 Å². The van der Waals surface area contributed by atoms with E-state index in [2.05, 4.69) is 33.9 Å². The summed E-state index contributed by atoms with van der Waals surface area (Å²) in [7, 11) is 0. The number of benzene rings is 4. The summed E-state index contributed by atoms with van der Waals surface area (Å²) in [6, 6.07) is 34.3. The van der Waals surface area contributed by atoms with Crippen molar-refractivity contribution in [1.29, 1.82) is 0 Å². The van der Waals surface area contributed by atoms with Gasteiger partial charge in [-0.15, -0.1) is 13.2 Å². The van der Waals surface area contributed by atoms with E-state index in [0.717, 1.165) is 16.7 Å². The van der Waals surface area contributed by atoms with Gasteiger partial charge in [0.25, 0.3) is 0 Å². The van der Waals surface area contributed by atoms with E-state index in [1.807, 2.05) is 87.5 Å². The van der Waals surface area contributed by atoms with Crippen LogP contribution in [-0.2, 0) is 33.0 Å². The summed E-state index contributed by atoms with van der Waals surface area (Å²) in [4.78, 5) is 16.5. The Hall–Kier alpha value is -4.34. The fourth-order valence-corrected chi connectivity index (χ4v) is 8.72. The predicted molar refractivity (Wildman–Crippen MR) is 187 cm³/mol. The van der Waals surface area contributed by atoms with E-state index in [9.17, 15) is 18.0 Å². The minimum Gasteiger partial charge on any atom is -0.489 e. The third-order valence-corrected chi connectivity index (χ3v) is 10.7. The number of fused-ring (bicyclic) bond motifs is 3. The summed E-state index contributed by atoms with van der Waals surface area (Å²) in [5.74, 6) is -0.736. The second kappa shape index (κ2) is 13.7. The summed E-state index contributed by atoms with van der Waals surface area (Å²) in [5.41, 5.74) is 1.57. The van der Waals surface area contributed by atoms with Crippen molar-refractivity contribution in [3.8, 4) is 11.5 Å². The lowest BCUT2D eigenvalue weighted by molar-refractivity contribution is -0.274. The number of halogens is 3. The molecule has 268 valence electrons. The van der Waals surface area contributed by atoms with Crippen LogP contribution in [0.25, 0.3) is 0 Å². The van der Waals surface area contributed by atoms with Crippen LogP contribution >= 0.6 is 0 Å². The van der Waals surface area contributed by atoms with E-state index in [1.54, 1.807) is 6.07 Å². The molecule has 9 heteroatoms.